The van der Waals surface area contributed by atoms with Crippen LogP contribution in [0.2, 0.25) is 0 Å². The first-order valence-corrected chi connectivity index (χ1v) is 4.13. The van der Waals surface area contributed by atoms with Gasteiger partial charge < -0.3 is 4.74 Å². The van der Waals surface area contributed by atoms with Crippen LogP contribution in [0.25, 0.3) is 0 Å². The predicted octanol–water partition coefficient (Wildman–Crippen LogP) is 1.99. The van der Waals surface area contributed by atoms with Crippen molar-refractivity contribution in [3.63, 3.8) is 0 Å². The van der Waals surface area contributed by atoms with E-state index in [-0.39, 0.29) is 5.97 Å². The average molecular weight is 156 g/mol. The van der Waals surface area contributed by atoms with Gasteiger partial charge in [0.25, 0.3) is 0 Å². The van der Waals surface area contributed by atoms with Crippen LogP contribution in [0.5, 0.6) is 0 Å². The van der Waals surface area contributed by atoms with E-state index in [1.807, 2.05) is 0 Å². The van der Waals surface area contributed by atoms with Crippen molar-refractivity contribution >= 4 is 5.97 Å². The van der Waals surface area contributed by atoms with E-state index < -0.39 is 0 Å². The van der Waals surface area contributed by atoms with Gasteiger partial charge in [-0.2, -0.15) is 0 Å². The molecule has 0 spiro atoms. The highest BCUT2D eigenvalue weighted by Gasteiger charge is 2.36. The van der Waals surface area contributed by atoms with Crippen LogP contribution in [-0.2, 0) is 9.53 Å². The first-order chi connectivity index (χ1) is 4.99. The van der Waals surface area contributed by atoms with Gasteiger partial charge >= 0.3 is 5.97 Å². The lowest BCUT2D eigenvalue weighted by molar-refractivity contribution is -0.144. The third-order valence-corrected chi connectivity index (χ3v) is 2.20. The maximum absolute atomic E-state index is 10.4. The van der Waals surface area contributed by atoms with Crippen molar-refractivity contribution in [2.24, 2.45) is 11.3 Å². The lowest BCUT2D eigenvalue weighted by Gasteiger charge is -2.42. The van der Waals surface area contributed by atoms with Gasteiger partial charge in [0.1, 0.15) is 0 Å². The molecule has 11 heavy (non-hydrogen) atoms. The Morgan fingerprint density at radius 1 is 1.55 bits per heavy atom. The molecule has 1 rings (SSSR count). The van der Waals surface area contributed by atoms with Crippen LogP contribution >= 0.6 is 0 Å². The van der Waals surface area contributed by atoms with Gasteiger partial charge in [-0.3, -0.25) is 4.79 Å². The molecular formula is C9H16O2. The summed E-state index contributed by atoms with van der Waals surface area (Å²) in [7, 11) is 0. The number of carbonyl (C=O) groups excluding carboxylic acids is 1. The summed E-state index contributed by atoms with van der Waals surface area (Å²) in [6.45, 7) is 6.58. The fourth-order valence-electron chi connectivity index (χ4n) is 1.86. The van der Waals surface area contributed by atoms with Crippen molar-refractivity contribution in [2.45, 2.75) is 33.6 Å². The summed E-state index contributed by atoms with van der Waals surface area (Å²) >= 11 is 0. The molecule has 2 heteroatoms. The summed E-state index contributed by atoms with van der Waals surface area (Å²) in [5, 5.41) is 0. The second kappa shape index (κ2) is 2.84. The van der Waals surface area contributed by atoms with E-state index in [9.17, 15) is 4.79 Å². The lowest BCUT2D eigenvalue weighted by Crippen LogP contribution is -2.34. The Bertz CT molecular complexity index is 153. The van der Waals surface area contributed by atoms with Crippen molar-refractivity contribution in [2.75, 3.05) is 6.61 Å². The SMILES string of the molecule is CC(=O)OCC1CC(C)(C)C1. The van der Waals surface area contributed by atoms with Gasteiger partial charge in [-0.05, 0) is 24.2 Å². The fraction of sp³-hybridized carbons (Fsp3) is 0.889. The molecule has 0 heterocycles. The Hall–Kier alpha value is -0.530. The van der Waals surface area contributed by atoms with Crippen molar-refractivity contribution in [1.82, 2.24) is 0 Å². The van der Waals surface area contributed by atoms with Crippen molar-refractivity contribution < 1.29 is 9.53 Å². The normalized spacial score (nSPS) is 22.5. The number of ether oxygens (including phenoxy) is 1. The van der Waals surface area contributed by atoms with E-state index in [4.69, 9.17) is 4.74 Å². The van der Waals surface area contributed by atoms with Crippen molar-refractivity contribution in [1.29, 1.82) is 0 Å². The predicted molar refractivity (Wildman–Crippen MR) is 43.1 cm³/mol. The van der Waals surface area contributed by atoms with Crippen LogP contribution in [0.1, 0.15) is 33.6 Å². The van der Waals surface area contributed by atoms with Crippen LogP contribution in [0.3, 0.4) is 0 Å². The Morgan fingerprint density at radius 2 is 2.09 bits per heavy atom. The van der Waals surface area contributed by atoms with Gasteiger partial charge in [0, 0.05) is 6.92 Å². The fourth-order valence-corrected chi connectivity index (χ4v) is 1.86. The van der Waals surface area contributed by atoms with E-state index in [0.29, 0.717) is 17.9 Å². The zero-order chi connectivity index (χ0) is 8.48. The molecule has 0 aromatic carbocycles. The summed E-state index contributed by atoms with van der Waals surface area (Å²) in [5.41, 5.74) is 0.491. The molecule has 0 atom stereocenters. The zero-order valence-corrected chi connectivity index (χ0v) is 7.52. The molecule has 0 aliphatic heterocycles. The second-order valence-corrected chi connectivity index (χ2v) is 4.24. The standard InChI is InChI=1S/C9H16O2/c1-7(10)11-6-8-4-9(2,3)5-8/h8H,4-6H2,1-3H3. The Kier molecular flexibility index (Phi) is 2.21. The maximum Gasteiger partial charge on any atom is 0.302 e. The van der Waals surface area contributed by atoms with E-state index in [1.165, 1.54) is 19.8 Å². The van der Waals surface area contributed by atoms with Gasteiger partial charge in [-0.15, -0.1) is 0 Å². The minimum Gasteiger partial charge on any atom is -0.466 e. The highest BCUT2D eigenvalue weighted by molar-refractivity contribution is 5.65. The number of esters is 1. The van der Waals surface area contributed by atoms with Gasteiger partial charge in [0.05, 0.1) is 6.61 Å². The van der Waals surface area contributed by atoms with Crippen LogP contribution in [0.4, 0.5) is 0 Å². The zero-order valence-electron chi connectivity index (χ0n) is 7.52. The van der Waals surface area contributed by atoms with Crippen molar-refractivity contribution in [3.05, 3.63) is 0 Å². The van der Waals surface area contributed by atoms with Crippen LogP contribution in [0, 0.1) is 11.3 Å². The van der Waals surface area contributed by atoms with Gasteiger partial charge in [-0.1, -0.05) is 13.8 Å². The number of hydrogen-bond donors (Lipinski definition) is 0. The van der Waals surface area contributed by atoms with Gasteiger partial charge in [-0.25, -0.2) is 0 Å². The largest absolute Gasteiger partial charge is 0.466 e. The summed E-state index contributed by atoms with van der Waals surface area (Å²) in [4.78, 5) is 10.4. The molecule has 1 fully saturated rings. The number of rotatable bonds is 2. The smallest absolute Gasteiger partial charge is 0.302 e. The molecule has 64 valence electrons. The average Bonchev–Trinajstić information content (AvgIpc) is 1.78. The molecule has 0 radical (unpaired) electrons. The molecular weight excluding hydrogens is 140 g/mol. The first kappa shape index (κ1) is 8.57. The van der Waals surface area contributed by atoms with E-state index in [0.717, 1.165) is 0 Å². The summed E-state index contributed by atoms with van der Waals surface area (Å²) in [6, 6.07) is 0. The number of carbonyl (C=O) groups is 1. The Labute approximate surface area is 67.9 Å². The first-order valence-electron chi connectivity index (χ1n) is 4.13. The van der Waals surface area contributed by atoms with E-state index in [1.54, 1.807) is 0 Å². The second-order valence-electron chi connectivity index (χ2n) is 4.24. The third kappa shape index (κ3) is 2.52. The van der Waals surface area contributed by atoms with Crippen molar-refractivity contribution in [3.8, 4) is 0 Å². The highest BCUT2D eigenvalue weighted by Crippen LogP contribution is 2.44. The molecule has 0 N–H and O–H groups in total. The van der Waals surface area contributed by atoms with Gasteiger partial charge in [0.2, 0.25) is 0 Å². The minimum atomic E-state index is -0.158. The monoisotopic (exact) mass is 156 g/mol. The summed E-state index contributed by atoms with van der Waals surface area (Å²) < 4.78 is 4.90. The molecule has 1 aliphatic carbocycles. The molecule has 2 nitrogen and oxygen atoms in total. The topological polar surface area (TPSA) is 26.3 Å². The molecule has 1 saturated carbocycles. The quantitative estimate of drug-likeness (QED) is 0.571. The number of hydrogen-bond acceptors (Lipinski definition) is 2. The Balaban J connectivity index is 2.09. The Morgan fingerprint density at radius 3 is 2.45 bits per heavy atom. The molecule has 0 unspecified atom stereocenters. The lowest BCUT2D eigenvalue weighted by atomic mass is 9.65. The van der Waals surface area contributed by atoms with E-state index in [2.05, 4.69) is 13.8 Å². The van der Waals surface area contributed by atoms with Crippen LogP contribution in [-0.4, -0.2) is 12.6 Å². The minimum absolute atomic E-state index is 0.158. The summed E-state index contributed by atoms with van der Waals surface area (Å²) in [5.74, 6) is 0.462. The molecule has 0 saturated heterocycles. The molecule has 0 bridgehead atoms. The maximum atomic E-state index is 10.4. The molecule has 0 aromatic heterocycles. The van der Waals surface area contributed by atoms with Crippen LogP contribution in [0.15, 0.2) is 0 Å². The highest BCUT2D eigenvalue weighted by atomic mass is 16.5. The van der Waals surface area contributed by atoms with Crippen LogP contribution < -0.4 is 0 Å². The van der Waals surface area contributed by atoms with E-state index >= 15 is 0 Å². The van der Waals surface area contributed by atoms with Gasteiger partial charge in [0.15, 0.2) is 0 Å². The molecule has 0 amide bonds. The molecule has 0 aromatic rings. The summed E-state index contributed by atoms with van der Waals surface area (Å²) in [6.07, 6.45) is 2.39. The molecule has 1 aliphatic rings. The third-order valence-electron chi connectivity index (χ3n) is 2.20.